The van der Waals surface area contributed by atoms with E-state index >= 15 is 0 Å². The predicted octanol–water partition coefficient (Wildman–Crippen LogP) is 4.56. The van der Waals surface area contributed by atoms with Crippen LogP contribution in [0.2, 0.25) is 5.02 Å². The molecule has 1 N–H and O–H groups in total. The van der Waals surface area contributed by atoms with Gasteiger partial charge in [0.05, 0.1) is 11.6 Å². The van der Waals surface area contributed by atoms with Crippen LogP contribution in [0.1, 0.15) is 36.4 Å². The van der Waals surface area contributed by atoms with Crippen molar-refractivity contribution in [2.24, 2.45) is 5.92 Å². The molecule has 0 radical (unpaired) electrons. The van der Waals surface area contributed by atoms with Crippen molar-refractivity contribution in [3.8, 4) is 6.07 Å². The zero-order valence-corrected chi connectivity index (χ0v) is 12.3. The lowest BCUT2D eigenvalue weighted by Crippen LogP contribution is -2.26. The second-order valence-electron chi connectivity index (χ2n) is 5.41. The Morgan fingerprint density at radius 3 is 2.48 bits per heavy atom. The quantitative estimate of drug-likeness (QED) is 0.900. The molecule has 1 aromatic heterocycles. The molecule has 0 spiro atoms. The highest BCUT2D eigenvalue weighted by Crippen LogP contribution is 2.39. The van der Waals surface area contributed by atoms with Crippen molar-refractivity contribution in [1.29, 1.82) is 5.26 Å². The average molecular weight is 298 g/mol. The smallest absolute Gasteiger partial charge is 0.126 e. The van der Waals surface area contributed by atoms with E-state index in [1.54, 1.807) is 12.3 Å². The van der Waals surface area contributed by atoms with Gasteiger partial charge in [-0.25, -0.2) is 4.98 Å². The standard InChI is InChI=1S/C17H16ClN3/c18-15-7-5-14(6-8-15)17(13-2-1-3-13)21-16-9-4-12(10-19)11-20-16/h4-9,11,13,17H,1-3H2,(H,20,21). The Morgan fingerprint density at radius 2 is 1.95 bits per heavy atom. The minimum atomic E-state index is 0.247. The van der Waals surface area contributed by atoms with Gasteiger partial charge in [-0.1, -0.05) is 30.2 Å². The fourth-order valence-corrected chi connectivity index (χ4v) is 2.75. The van der Waals surface area contributed by atoms with Crippen LogP contribution in [0, 0.1) is 17.2 Å². The first kappa shape index (κ1) is 13.9. The normalized spacial score (nSPS) is 15.8. The Kier molecular flexibility index (Phi) is 4.08. The summed E-state index contributed by atoms with van der Waals surface area (Å²) in [6, 6.07) is 14.0. The molecule has 0 bridgehead atoms. The van der Waals surface area contributed by atoms with Gasteiger partial charge in [-0.3, -0.25) is 0 Å². The first-order valence-electron chi connectivity index (χ1n) is 7.14. The summed E-state index contributed by atoms with van der Waals surface area (Å²) >= 11 is 5.97. The van der Waals surface area contributed by atoms with Crippen LogP contribution in [0.4, 0.5) is 5.82 Å². The maximum absolute atomic E-state index is 8.83. The molecule has 4 heteroatoms. The molecule has 0 amide bonds. The third-order valence-electron chi connectivity index (χ3n) is 4.05. The van der Waals surface area contributed by atoms with Gasteiger partial charge in [0.15, 0.2) is 0 Å². The molecule has 0 aliphatic heterocycles. The molecule has 3 nitrogen and oxygen atoms in total. The number of benzene rings is 1. The maximum atomic E-state index is 8.83. The van der Waals surface area contributed by atoms with Gasteiger partial charge in [-0.05, 0) is 48.6 Å². The lowest BCUT2D eigenvalue weighted by atomic mass is 9.77. The molecule has 1 aromatic carbocycles. The largest absolute Gasteiger partial charge is 0.363 e. The number of aromatic nitrogens is 1. The van der Waals surface area contributed by atoms with Crippen LogP contribution >= 0.6 is 11.6 Å². The van der Waals surface area contributed by atoms with Gasteiger partial charge < -0.3 is 5.32 Å². The first-order valence-corrected chi connectivity index (χ1v) is 7.52. The number of rotatable bonds is 4. The van der Waals surface area contributed by atoms with Crippen molar-refractivity contribution in [3.63, 3.8) is 0 Å². The van der Waals surface area contributed by atoms with E-state index in [0.717, 1.165) is 10.8 Å². The third kappa shape index (κ3) is 3.17. The number of nitrogens with one attached hydrogen (secondary N) is 1. The van der Waals surface area contributed by atoms with Gasteiger partial charge >= 0.3 is 0 Å². The Labute approximate surface area is 129 Å². The van der Waals surface area contributed by atoms with E-state index < -0.39 is 0 Å². The molecule has 1 fully saturated rings. The summed E-state index contributed by atoms with van der Waals surface area (Å²) in [4.78, 5) is 4.31. The number of hydrogen-bond acceptors (Lipinski definition) is 3. The fraction of sp³-hybridized carbons (Fsp3) is 0.294. The Morgan fingerprint density at radius 1 is 1.19 bits per heavy atom. The summed E-state index contributed by atoms with van der Waals surface area (Å²) < 4.78 is 0. The lowest BCUT2D eigenvalue weighted by molar-refractivity contribution is 0.277. The van der Waals surface area contributed by atoms with Crippen LogP contribution in [0.15, 0.2) is 42.6 Å². The zero-order valence-electron chi connectivity index (χ0n) is 11.6. The molecule has 2 aromatic rings. The summed E-state index contributed by atoms with van der Waals surface area (Å²) in [5, 5.41) is 13.1. The summed E-state index contributed by atoms with van der Waals surface area (Å²) in [6.07, 6.45) is 5.35. The van der Waals surface area contributed by atoms with Crippen molar-refractivity contribution in [2.45, 2.75) is 25.3 Å². The molecule has 1 unspecified atom stereocenters. The number of nitrogens with zero attached hydrogens (tertiary/aromatic N) is 2. The van der Waals surface area contributed by atoms with E-state index in [1.807, 2.05) is 18.2 Å². The molecule has 3 rings (SSSR count). The fourth-order valence-electron chi connectivity index (χ4n) is 2.62. The van der Waals surface area contributed by atoms with E-state index in [9.17, 15) is 0 Å². The SMILES string of the molecule is N#Cc1ccc(NC(c2ccc(Cl)cc2)C2CCC2)nc1. The minimum absolute atomic E-state index is 0.247. The number of nitriles is 1. The Balaban J connectivity index is 1.82. The van der Waals surface area contributed by atoms with Crippen LogP contribution < -0.4 is 5.32 Å². The van der Waals surface area contributed by atoms with Gasteiger partial charge in [-0.2, -0.15) is 5.26 Å². The van der Waals surface area contributed by atoms with Crippen LogP contribution in [-0.2, 0) is 0 Å². The van der Waals surface area contributed by atoms with E-state index in [0.29, 0.717) is 11.5 Å². The van der Waals surface area contributed by atoms with Crippen LogP contribution in [0.3, 0.4) is 0 Å². The number of hydrogen-bond donors (Lipinski definition) is 1. The highest BCUT2D eigenvalue weighted by Gasteiger charge is 2.28. The molecule has 0 saturated heterocycles. The van der Waals surface area contributed by atoms with Gasteiger partial charge in [-0.15, -0.1) is 0 Å². The second-order valence-corrected chi connectivity index (χ2v) is 5.84. The van der Waals surface area contributed by atoms with E-state index in [2.05, 4.69) is 28.5 Å². The van der Waals surface area contributed by atoms with Crippen molar-refractivity contribution in [1.82, 2.24) is 4.98 Å². The average Bonchev–Trinajstić information content (AvgIpc) is 2.46. The van der Waals surface area contributed by atoms with E-state index in [4.69, 9.17) is 16.9 Å². The predicted molar refractivity (Wildman–Crippen MR) is 84.1 cm³/mol. The molecule has 1 heterocycles. The maximum Gasteiger partial charge on any atom is 0.126 e. The summed E-state index contributed by atoms with van der Waals surface area (Å²) in [5.74, 6) is 1.43. The molecule has 1 saturated carbocycles. The minimum Gasteiger partial charge on any atom is -0.363 e. The van der Waals surface area contributed by atoms with Gasteiger partial charge in [0.1, 0.15) is 11.9 Å². The lowest BCUT2D eigenvalue weighted by Gasteiger charge is -2.35. The highest BCUT2D eigenvalue weighted by molar-refractivity contribution is 6.30. The first-order chi connectivity index (χ1) is 10.3. The number of halogens is 1. The summed E-state index contributed by atoms with van der Waals surface area (Å²) in [6.45, 7) is 0. The molecule has 21 heavy (non-hydrogen) atoms. The summed E-state index contributed by atoms with van der Waals surface area (Å²) in [7, 11) is 0. The molecule has 1 atom stereocenters. The molecular weight excluding hydrogens is 282 g/mol. The topological polar surface area (TPSA) is 48.7 Å². The van der Waals surface area contributed by atoms with Crippen LogP contribution in [-0.4, -0.2) is 4.98 Å². The number of pyridine rings is 1. The van der Waals surface area contributed by atoms with E-state index in [-0.39, 0.29) is 6.04 Å². The molecule has 1 aliphatic rings. The van der Waals surface area contributed by atoms with Crippen molar-refractivity contribution >= 4 is 17.4 Å². The molecule has 1 aliphatic carbocycles. The Hall–Kier alpha value is -2.05. The monoisotopic (exact) mass is 297 g/mol. The van der Waals surface area contributed by atoms with Crippen molar-refractivity contribution in [3.05, 3.63) is 58.7 Å². The molecule has 106 valence electrons. The van der Waals surface area contributed by atoms with Gasteiger partial charge in [0.2, 0.25) is 0 Å². The van der Waals surface area contributed by atoms with Crippen LogP contribution in [0.5, 0.6) is 0 Å². The number of anilines is 1. The zero-order chi connectivity index (χ0) is 14.7. The van der Waals surface area contributed by atoms with E-state index in [1.165, 1.54) is 24.8 Å². The van der Waals surface area contributed by atoms with Gasteiger partial charge in [0, 0.05) is 11.2 Å². The van der Waals surface area contributed by atoms with Crippen molar-refractivity contribution < 1.29 is 0 Å². The Bertz CT molecular complexity index is 639. The highest BCUT2D eigenvalue weighted by atomic mass is 35.5. The second kappa shape index (κ2) is 6.15. The van der Waals surface area contributed by atoms with Crippen molar-refractivity contribution in [2.75, 3.05) is 5.32 Å². The third-order valence-corrected chi connectivity index (χ3v) is 4.30. The van der Waals surface area contributed by atoms with Gasteiger partial charge in [0.25, 0.3) is 0 Å². The van der Waals surface area contributed by atoms with Crippen LogP contribution in [0.25, 0.3) is 0 Å². The summed E-state index contributed by atoms with van der Waals surface area (Å²) in [5.41, 5.74) is 1.81. The molecular formula is C17H16ClN3.